The molecule has 0 saturated carbocycles. The predicted octanol–water partition coefficient (Wildman–Crippen LogP) is 3.03. The molecule has 6 heteroatoms. The van der Waals surface area contributed by atoms with Gasteiger partial charge in [0.15, 0.2) is 0 Å². The van der Waals surface area contributed by atoms with Gasteiger partial charge in [-0.1, -0.05) is 18.2 Å². The van der Waals surface area contributed by atoms with E-state index in [2.05, 4.69) is 10.6 Å². The molecule has 0 unspecified atom stereocenters. The summed E-state index contributed by atoms with van der Waals surface area (Å²) in [6.45, 7) is 2.97. The molecule has 0 saturated heterocycles. The lowest BCUT2D eigenvalue weighted by molar-refractivity contribution is -0.135. The molecule has 0 heterocycles. The predicted molar refractivity (Wildman–Crippen MR) is 93.4 cm³/mol. The second-order valence-electron chi connectivity index (χ2n) is 5.88. The van der Waals surface area contributed by atoms with Gasteiger partial charge in [0.2, 0.25) is 11.8 Å². The number of para-hydroxylation sites is 1. The van der Waals surface area contributed by atoms with Crippen LogP contribution >= 0.6 is 0 Å². The van der Waals surface area contributed by atoms with Gasteiger partial charge in [-0.15, -0.1) is 0 Å². The number of nitrogens with one attached hydrogen (secondary N) is 2. The van der Waals surface area contributed by atoms with E-state index in [-0.39, 0.29) is 0 Å². The zero-order valence-electron chi connectivity index (χ0n) is 13.8. The van der Waals surface area contributed by atoms with Gasteiger partial charge in [-0.05, 0) is 44.2 Å². The number of carbonyl (C=O) groups excluding carboxylic acids is 2. The summed E-state index contributed by atoms with van der Waals surface area (Å²) in [5.41, 5.74) is 0.118. The maximum Gasteiger partial charge on any atom is 0.239 e. The highest BCUT2D eigenvalue weighted by Crippen LogP contribution is 2.23. The standard InChI is InChI=1S/C19H16N4O2/c1-19(2,17(24)22-15-8-5-6-13(10-15)11-20)18(25)23-16-9-4-3-7-14(16)12-21/h3-10H,1-2H3,(H,22,24)(H,23,25). The molecule has 2 rings (SSSR count). The summed E-state index contributed by atoms with van der Waals surface area (Å²) in [5, 5.41) is 23.2. The number of anilines is 2. The van der Waals surface area contributed by atoms with Crippen molar-refractivity contribution in [1.29, 1.82) is 10.5 Å². The van der Waals surface area contributed by atoms with Gasteiger partial charge in [0.25, 0.3) is 0 Å². The van der Waals surface area contributed by atoms with Gasteiger partial charge in [0, 0.05) is 5.69 Å². The van der Waals surface area contributed by atoms with E-state index in [1.807, 2.05) is 12.1 Å². The van der Waals surface area contributed by atoms with E-state index in [1.54, 1.807) is 42.5 Å². The first-order chi connectivity index (χ1) is 11.9. The lowest BCUT2D eigenvalue weighted by Gasteiger charge is -2.23. The van der Waals surface area contributed by atoms with E-state index in [4.69, 9.17) is 10.5 Å². The van der Waals surface area contributed by atoms with Crippen LogP contribution in [0.1, 0.15) is 25.0 Å². The van der Waals surface area contributed by atoms with E-state index in [0.29, 0.717) is 22.5 Å². The highest BCUT2D eigenvalue weighted by molar-refractivity contribution is 6.14. The molecular formula is C19H16N4O2. The molecule has 6 nitrogen and oxygen atoms in total. The van der Waals surface area contributed by atoms with Crippen molar-refractivity contribution < 1.29 is 9.59 Å². The quantitative estimate of drug-likeness (QED) is 0.839. The maximum atomic E-state index is 12.5. The lowest BCUT2D eigenvalue weighted by atomic mass is 9.90. The summed E-state index contributed by atoms with van der Waals surface area (Å²) in [5.74, 6) is -1.06. The van der Waals surface area contributed by atoms with Gasteiger partial charge in [-0.3, -0.25) is 9.59 Å². The van der Waals surface area contributed by atoms with Crippen molar-refractivity contribution in [2.75, 3.05) is 10.6 Å². The fourth-order valence-corrected chi connectivity index (χ4v) is 2.03. The Bertz CT molecular complexity index is 904. The normalized spacial score (nSPS) is 10.2. The zero-order chi connectivity index (χ0) is 18.4. The van der Waals surface area contributed by atoms with Crippen LogP contribution in [0.15, 0.2) is 48.5 Å². The van der Waals surface area contributed by atoms with E-state index in [0.717, 1.165) is 0 Å². The second kappa shape index (κ2) is 7.29. The third-order valence-electron chi connectivity index (χ3n) is 3.68. The first kappa shape index (κ1) is 17.7. The molecule has 124 valence electrons. The van der Waals surface area contributed by atoms with Gasteiger partial charge in [0.05, 0.1) is 22.9 Å². The minimum Gasteiger partial charge on any atom is -0.325 e. The molecular weight excluding hydrogens is 316 g/mol. The largest absolute Gasteiger partial charge is 0.325 e. The average molecular weight is 332 g/mol. The molecule has 0 aliphatic heterocycles. The molecule has 0 aromatic heterocycles. The topological polar surface area (TPSA) is 106 Å². The van der Waals surface area contributed by atoms with Gasteiger partial charge in [0.1, 0.15) is 11.5 Å². The average Bonchev–Trinajstić information content (AvgIpc) is 2.62. The van der Waals surface area contributed by atoms with E-state index >= 15 is 0 Å². The monoisotopic (exact) mass is 332 g/mol. The minimum atomic E-state index is -1.38. The minimum absolute atomic E-state index is 0.314. The summed E-state index contributed by atoms with van der Waals surface area (Å²) in [4.78, 5) is 25.0. The van der Waals surface area contributed by atoms with Gasteiger partial charge < -0.3 is 10.6 Å². The Morgan fingerprint density at radius 2 is 1.60 bits per heavy atom. The Labute approximate surface area is 145 Å². The Morgan fingerprint density at radius 1 is 0.920 bits per heavy atom. The Hall–Kier alpha value is -3.64. The van der Waals surface area contributed by atoms with Crippen LogP contribution < -0.4 is 10.6 Å². The van der Waals surface area contributed by atoms with Gasteiger partial charge in [-0.25, -0.2) is 0 Å². The van der Waals surface area contributed by atoms with E-state index < -0.39 is 17.2 Å². The number of nitriles is 2. The van der Waals surface area contributed by atoms with E-state index in [1.165, 1.54) is 19.9 Å². The number of hydrogen-bond donors (Lipinski definition) is 2. The summed E-state index contributed by atoms with van der Waals surface area (Å²) >= 11 is 0. The molecule has 0 aliphatic carbocycles. The van der Waals surface area contributed by atoms with Crippen LogP contribution in [-0.2, 0) is 9.59 Å². The number of carbonyl (C=O) groups is 2. The van der Waals surface area contributed by atoms with Crippen molar-refractivity contribution >= 4 is 23.2 Å². The van der Waals surface area contributed by atoms with E-state index in [9.17, 15) is 9.59 Å². The molecule has 0 aliphatic rings. The fourth-order valence-electron chi connectivity index (χ4n) is 2.03. The zero-order valence-corrected chi connectivity index (χ0v) is 13.8. The first-order valence-electron chi connectivity index (χ1n) is 7.50. The van der Waals surface area contributed by atoms with Crippen molar-refractivity contribution in [3.05, 3.63) is 59.7 Å². The highest BCUT2D eigenvalue weighted by atomic mass is 16.2. The summed E-state index contributed by atoms with van der Waals surface area (Å²) in [6.07, 6.45) is 0. The molecule has 0 radical (unpaired) electrons. The van der Waals surface area contributed by atoms with Crippen molar-refractivity contribution in [2.24, 2.45) is 5.41 Å². The van der Waals surface area contributed by atoms with Crippen LogP contribution in [0, 0.1) is 28.1 Å². The van der Waals surface area contributed by atoms with Gasteiger partial charge in [-0.2, -0.15) is 10.5 Å². The summed E-state index contributed by atoms with van der Waals surface area (Å²) in [7, 11) is 0. The molecule has 2 N–H and O–H groups in total. The number of hydrogen-bond acceptors (Lipinski definition) is 4. The molecule has 2 aromatic carbocycles. The van der Waals surface area contributed by atoms with Crippen LogP contribution in [0.5, 0.6) is 0 Å². The van der Waals surface area contributed by atoms with Crippen molar-refractivity contribution in [1.82, 2.24) is 0 Å². The van der Waals surface area contributed by atoms with Gasteiger partial charge >= 0.3 is 0 Å². The first-order valence-corrected chi connectivity index (χ1v) is 7.50. The molecule has 2 amide bonds. The molecule has 0 spiro atoms. The van der Waals surface area contributed by atoms with Crippen LogP contribution in [-0.4, -0.2) is 11.8 Å². The Morgan fingerprint density at radius 3 is 2.28 bits per heavy atom. The van der Waals surface area contributed by atoms with Crippen LogP contribution in [0.2, 0.25) is 0 Å². The van der Waals surface area contributed by atoms with Crippen molar-refractivity contribution in [2.45, 2.75) is 13.8 Å². The maximum absolute atomic E-state index is 12.5. The number of rotatable bonds is 4. The lowest BCUT2D eigenvalue weighted by Crippen LogP contribution is -2.41. The number of benzene rings is 2. The molecule has 0 bridgehead atoms. The van der Waals surface area contributed by atoms with Crippen molar-refractivity contribution in [3.8, 4) is 12.1 Å². The van der Waals surface area contributed by atoms with Crippen molar-refractivity contribution in [3.63, 3.8) is 0 Å². The molecule has 25 heavy (non-hydrogen) atoms. The third-order valence-corrected chi connectivity index (χ3v) is 3.68. The fraction of sp³-hybridized carbons (Fsp3) is 0.158. The SMILES string of the molecule is CC(C)(C(=O)Nc1cccc(C#N)c1)C(=O)Nc1ccccc1C#N. The number of amides is 2. The highest BCUT2D eigenvalue weighted by Gasteiger charge is 2.36. The molecule has 0 fully saturated rings. The smallest absolute Gasteiger partial charge is 0.239 e. The van der Waals surface area contributed by atoms with Crippen LogP contribution in [0.25, 0.3) is 0 Å². The molecule has 0 atom stereocenters. The summed E-state index contributed by atoms with van der Waals surface area (Å²) < 4.78 is 0. The Kier molecular flexibility index (Phi) is 5.16. The van der Waals surface area contributed by atoms with Crippen LogP contribution in [0.4, 0.5) is 11.4 Å². The number of nitrogens with zero attached hydrogens (tertiary/aromatic N) is 2. The Balaban J connectivity index is 2.16. The second-order valence-corrected chi connectivity index (χ2v) is 5.88. The summed E-state index contributed by atoms with van der Waals surface area (Å²) in [6, 6.07) is 17.0. The van der Waals surface area contributed by atoms with Crippen LogP contribution in [0.3, 0.4) is 0 Å². The molecule has 2 aromatic rings. The third kappa shape index (κ3) is 4.01.